The monoisotopic (exact) mass is 427 g/mol. The average Bonchev–Trinajstić information content (AvgIpc) is 3.21. The molecule has 0 spiro atoms. The molecule has 0 aliphatic carbocycles. The van der Waals surface area contributed by atoms with Crippen LogP contribution in [0.1, 0.15) is 42.2 Å². The van der Waals surface area contributed by atoms with Gasteiger partial charge in [0.25, 0.3) is 5.91 Å². The Morgan fingerprint density at radius 2 is 2.10 bits per heavy atom. The van der Waals surface area contributed by atoms with E-state index in [0.717, 1.165) is 18.5 Å². The van der Waals surface area contributed by atoms with Gasteiger partial charge in [0, 0.05) is 37.3 Å². The first-order valence-corrected chi connectivity index (χ1v) is 10.8. The molecule has 0 radical (unpaired) electrons. The summed E-state index contributed by atoms with van der Waals surface area (Å²) in [6.07, 6.45) is 4.57. The predicted octanol–water partition coefficient (Wildman–Crippen LogP) is 1.67. The van der Waals surface area contributed by atoms with Crippen molar-refractivity contribution in [1.29, 1.82) is 0 Å². The molecular formula is C22H29N5O4. The van der Waals surface area contributed by atoms with Gasteiger partial charge in [0.15, 0.2) is 11.5 Å². The molecule has 0 unspecified atom stereocenters. The van der Waals surface area contributed by atoms with Gasteiger partial charge in [-0.15, -0.1) is 5.10 Å². The molecule has 6 bridgehead atoms. The van der Waals surface area contributed by atoms with Gasteiger partial charge in [0.05, 0.1) is 19.3 Å². The third-order valence-corrected chi connectivity index (χ3v) is 5.99. The summed E-state index contributed by atoms with van der Waals surface area (Å²) in [5, 5.41) is 11.5. The van der Waals surface area contributed by atoms with Crippen molar-refractivity contribution < 1.29 is 19.1 Å². The fourth-order valence-corrected chi connectivity index (χ4v) is 4.16. The summed E-state index contributed by atoms with van der Waals surface area (Å²) in [5.41, 5.74) is 1.38. The molecule has 9 nitrogen and oxygen atoms in total. The summed E-state index contributed by atoms with van der Waals surface area (Å²) >= 11 is 0. The van der Waals surface area contributed by atoms with Gasteiger partial charge in [-0.05, 0) is 43.4 Å². The van der Waals surface area contributed by atoms with E-state index in [1.165, 1.54) is 0 Å². The van der Waals surface area contributed by atoms with Gasteiger partial charge in [-0.1, -0.05) is 12.1 Å². The lowest BCUT2D eigenvalue weighted by Crippen LogP contribution is -2.51. The number of fused-ring (bicyclic) bond motifs is 8. The smallest absolute Gasteiger partial charge is 0.251 e. The van der Waals surface area contributed by atoms with Crippen LogP contribution in [0.2, 0.25) is 0 Å². The van der Waals surface area contributed by atoms with E-state index in [0.29, 0.717) is 56.1 Å². The number of hydrogen-bond acceptors (Lipinski definition) is 6. The molecule has 2 atom stereocenters. The van der Waals surface area contributed by atoms with Crippen LogP contribution in [0.3, 0.4) is 0 Å². The molecule has 31 heavy (non-hydrogen) atoms. The van der Waals surface area contributed by atoms with Crippen LogP contribution in [0.4, 0.5) is 0 Å². The van der Waals surface area contributed by atoms with Crippen molar-refractivity contribution in [3.05, 3.63) is 35.7 Å². The highest BCUT2D eigenvalue weighted by atomic mass is 16.5. The Morgan fingerprint density at radius 3 is 2.90 bits per heavy atom. The number of piperidine rings is 1. The number of nitrogens with one attached hydrogen (secondary N) is 1. The fourth-order valence-electron chi connectivity index (χ4n) is 4.16. The third-order valence-electron chi connectivity index (χ3n) is 5.99. The van der Waals surface area contributed by atoms with Crippen molar-refractivity contribution in [2.45, 2.75) is 45.2 Å². The molecule has 9 heteroatoms. The minimum atomic E-state index is -0.150. The molecule has 3 aliphatic rings. The second-order valence-corrected chi connectivity index (χ2v) is 8.23. The maximum Gasteiger partial charge on any atom is 0.251 e. The van der Waals surface area contributed by atoms with E-state index in [4.69, 9.17) is 9.47 Å². The second-order valence-electron chi connectivity index (χ2n) is 8.23. The van der Waals surface area contributed by atoms with Crippen molar-refractivity contribution >= 4 is 11.8 Å². The number of amides is 2. The number of aromatic nitrogens is 3. The average molecular weight is 428 g/mol. The maximum atomic E-state index is 12.9. The van der Waals surface area contributed by atoms with Gasteiger partial charge < -0.3 is 19.7 Å². The lowest BCUT2D eigenvalue weighted by molar-refractivity contribution is -0.133. The highest BCUT2D eigenvalue weighted by molar-refractivity contribution is 5.95. The van der Waals surface area contributed by atoms with Crippen LogP contribution < -0.4 is 14.8 Å². The molecule has 2 aromatic rings. The second kappa shape index (κ2) is 9.36. The summed E-state index contributed by atoms with van der Waals surface area (Å²) in [5.74, 6) is 1.28. The number of aryl methyl sites for hydroxylation is 1. The number of hydrogen-bond donors (Lipinski definition) is 1. The van der Waals surface area contributed by atoms with E-state index in [1.807, 2.05) is 11.1 Å². The Bertz CT molecular complexity index is 944. The summed E-state index contributed by atoms with van der Waals surface area (Å²) in [7, 11) is 1.57. The summed E-state index contributed by atoms with van der Waals surface area (Å²) < 4.78 is 13.0. The molecule has 1 aromatic heterocycles. The van der Waals surface area contributed by atoms with Crippen LogP contribution >= 0.6 is 0 Å². The van der Waals surface area contributed by atoms with Crippen molar-refractivity contribution in [1.82, 2.24) is 25.2 Å². The molecule has 1 saturated heterocycles. The molecule has 0 saturated carbocycles. The molecule has 1 fully saturated rings. The van der Waals surface area contributed by atoms with Crippen molar-refractivity contribution in [3.8, 4) is 11.5 Å². The van der Waals surface area contributed by atoms with Gasteiger partial charge in [-0.2, -0.15) is 0 Å². The van der Waals surface area contributed by atoms with E-state index in [1.54, 1.807) is 30.0 Å². The van der Waals surface area contributed by atoms with Gasteiger partial charge in [-0.25, -0.2) is 4.68 Å². The van der Waals surface area contributed by atoms with Gasteiger partial charge in [0.1, 0.15) is 6.61 Å². The minimum absolute atomic E-state index is 0.0270. The molecule has 1 N–H and O–H groups in total. The Labute approximate surface area is 181 Å². The highest BCUT2D eigenvalue weighted by Crippen LogP contribution is 2.28. The lowest BCUT2D eigenvalue weighted by atomic mass is 9.93. The molecule has 166 valence electrons. The van der Waals surface area contributed by atoms with Crippen molar-refractivity contribution in [3.63, 3.8) is 0 Å². The van der Waals surface area contributed by atoms with E-state index in [-0.39, 0.29) is 23.8 Å². The zero-order chi connectivity index (χ0) is 21.8. The number of benzene rings is 1. The van der Waals surface area contributed by atoms with Gasteiger partial charge in [-0.3, -0.25) is 9.59 Å². The van der Waals surface area contributed by atoms with E-state index < -0.39 is 0 Å². The zero-order valence-corrected chi connectivity index (χ0v) is 18.0. The zero-order valence-electron chi connectivity index (χ0n) is 18.0. The van der Waals surface area contributed by atoms with Gasteiger partial charge in [0.2, 0.25) is 5.91 Å². The topological polar surface area (TPSA) is 98.6 Å². The molecule has 1 aromatic carbocycles. The van der Waals surface area contributed by atoms with Crippen LogP contribution in [0.5, 0.6) is 11.5 Å². The Hall–Kier alpha value is -3.10. The van der Waals surface area contributed by atoms with Crippen LogP contribution in [-0.4, -0.2) is 64.6 Å². The van der Waals surface area contributed by atoms with E-state index in [9.17, 15) is 9.59 Å². The van der Waals surface area contributed by atoms with E-state index >= 15 is 0 Å². The molecule has 3 aliphatic heterocycles. The molecule has 5 rings (SSSR count). The SMILES string of the molecule is COc1ccc2cc1OCCn1cc(nn1)CCCC(=O)N1CC[C@@H](NC2=O)[C@@H](C)C1. The number of methoxy groups -OCH3 is 1. The number of ether oxygens (including phenoxy) is 2. The fraction of sp³-hybridized carbons (Fsp3) is 0.545. The van der Waals surface area contributed by atoms with Gasteiger partial charge >= 0.3 is 0 Å². The number of nitrogens with zero attached hydrogens (tertiary/aromatic N) is 4. The first-order chi connectivity index (χ1) is 15.0. The number of carbonyl (C=O) groups is 2. The lowest BCUT2D eigenvalue weighted by Gasteiger charge is -2.37. The molecular weight excluding hydrogens is 398 g/mol. The normalized spacial score (nSPS) is 22.7. The predicted molar refractivity (Wildman–Crippen MR) is 113 cm³/mol. The van der Waals surface area contributed by atoms with Crippen molar-refractivity contribution in [2.24, 2.45) is 5.92 Å². The van der Waals surface area contributed by atoms with Crippen LogP contribution in [0.25, 0.3) is 0 Å². The quantitative estimate of drug-likeness (QED) is 0.743. The highest BCUT2D eigenvalue weighted by Gasteiger charge is 2.30. The van der Waals surface area contributed by atoms with Crippen LogP contribution in [0, 0.1) is 5.92 Å². The van der Waals surface area contributed by atoms with Crippen molar-refractivity contribution in [2.75, 3.05) is 26.8 Å². The maximum absolute atomic E-state index is 12.9. The van der Waals surface area contributed by atoms with E-state index in [2.05, 4.69) is 22.6 Å². The minimum Gasteiger partial charge on any atom is -0.493 e. The summed E-state index contributed by atoms with van der Waals surface area (Å²) in [4.78, 5) is 27.4. The summed E-state index contributed by atoms with van der Waals surface area (Å²) in [6, 6.07) is 5.21. The first kappa shape index (κ1) is 21.1. The third kappa shape index (κ3) is 4.98. The van der Waals surface area contributed by atoms with Crippen LogP contribution in [0.15, 0.2) is 24.4 Å². The number of rotatable bonds is 1. The standard InChI is InChI=1S/C22H29N5O4/c1-15-13-26-9-8-18(15)23-22(29)16-6-7-19(30-2)20(12-16)31-11-10-27-14-17(24-25-27)4-3-5-21(26)28/h6-7,12,14-15,18H,3-5,8-11,13H2,1-2H3,(H,23,29)/t15-,18+/m0/s1. The molecule has 2 amide bonds. The summed E-state index contributed by atoms with van der Waals surface area (Å²) in [6.45, 7) is 4.25. The Balaban J connectivity index is 1.57. The first-order valence-electron chi connectivity index (χ1n) is 10.8. The Morgan fingerprint density at radius 1 is 1.23 bits per heavy atom. The molecule has 4 heterocycles. The largest absolute Gasteiger partial charge is 0.493 e. The Kier molecular flexibility index (Phi) is 6.39. The van der Waals surface area contributed by atoms with Crippen LogP contribution in [-0.2, 0) is 17.8 Å². The number of carbonyl (C=O) groups excluding carboxylic acids is 2.